The molecule has 84 valence electrons. The minimum Gasteiger partial charge on any atom is -0.339 e. The number of aromatic amines is 1. The minimum atomic E-state index is 0.211. The normalized spacial score (nSPS) is 10.9. The van der Waals surface area contributed by atoms with Gasteiger partial charge in [-0.1, -0.05) is 30.3 Å². The van der Waals surface area contributed by atoms with Gasteiger partial charge in [0.05, 0.1) is 0 Å². The maximum atomic E-state index is 5.91. The highest BCUT2D eigenvalue weighted by Crippen LogP contribution is 2.25. The molecule has 5 heteroatoms. The molecule has 0 fully saturated rings. The molecule has 1 aromatic carbocycles. The molecule has 0 aliphatic carbocycles. The second-order valence-electron chi connectivity index (χ2n) is 3.73. The van der Waals surface area contributed by atoms with E-state index in [1.165, 1.54) is 0 Å². The standard InChI is InChI=1S/C12H9ClN4/c1-7-14-10-9(8-5-3-2-4-6-8)16-12(13)17-11(10)15-7/h2-6H,1H3,(H,14,15,16,17). The Bertz CT molecular complexity index is 676. The van der Waals surface area contributed by atoms with Crippen molar-refractivity contribution < 1.29 is 0 Å². The summed E-state index contributed by atoms with van der Waals surface area (Å²) in [5, 5.41) is 0.211. The Hall–Kier alpha value is -1.94. The van der Waals surface area contributed by atoms with Crippen LogP contribution in [0, 0.1) is 6.92 Å². The van der Waals surface area contributed by atoms with Crippen molar-refractivity contribution in [3.63, 3.8) is 0 Å². The number of nitrogens with zero attached hydrogens (tertiary/aromatic N) is 3. The average Bonchev–Trinajstić information content (AvgIpc) is 2.69. The summed E-state index contributed by atoms with van der Waals surface area (Å²) in [4.78, 5) is 15.8. The molecule has 4 nitrogen and oxygen atoms in total. The molecule has 0 saturated heterocycles. The van der Waals surface area contributed by atoms with Crippen molar-refractivity contribution in [2.24, 2.45) is 0 Å². The van der Waals surface area contributed by atoms with Gasteiger partial charge >= 0.3 is 0 Å². The summed E-state index contributed by atoms with van der Waals surface area (Å²) in [7, 11) is 0. The van der Waals surface area contributed by atoms with E-state index in [0.717, 1.165) is 22.6 Å². The maximum Gasteiger partial charge on any atom is 0.225 e. The summed E-state index contributed by atoms with van der Waals surface area (Å²) in [5.41, 5.74) is 3.19. The number of hydrogen-bond acceptors (Lipinski definition) is 3. The SMILES string of the molecule is Cc1nc2nc(Cl)nc(-c3ccccc3)c2[nH]1. The van der Waals surface area contributed by atoms with Crippen molar-refractivity contribution in [2.45, 2.75) is 6.92 Å². The fraction of sp³-hybridized carbons (Fsp3) is 0.0833. The van der Waals surface area contributed by atoms with Crippen LogP contribution in [0.15, 0.2) is 30.3 Å². The molecule has 0 aliphatic heterocycles. The second kappa shape index (κ2) is 3.82. The predicted octanol–water partition coefficient (Wildman–Crippen LogP) is 2.98. The van der Waals surface area contributed by atoms with Gasteiger partial charge in [0.25, 0.3) is 0 Å². The lowest BCUT2D eigenvalue weighted by molar-refractivity contribution is 1.16. The first-order chi connectivity index (χ1) is 8.24. The fourth-order valence-corrected chi connectivity index (χ4v) is 1.96. The van der Waals surface area contributed by atoms with Crippen LogP contribution in [0.1, 0.15) is 5.82 Å². The van der Waals surface area contributed by atoms with Crippen molar-refractivity contribution in [3.05, 3.63) is 41.4 Å². The molecule has 3 aromatic rings. The summed E-state index contributed by atoms with van der Waals surface area (Å²) >= 11 is 5.91. The van der Waals surface area contributed by atoms with Crippen molar-refractivity contribution in [1.29, 1.82) is 0 Å². The average molecular weight is 245 g/mol. The first kappa shape index (κ1) is 10.2. The van der Waals surface area contributed by atoms with Gasteiger partial charge in [-0.3, -0.25) is 0 Å². The third-order valence-corrected chi connectivity index (χ3v) is 2.66. The number of aromatic nitrogens is 4. The third kappa shape index (κ3) is 1.76. The molecule has 0 bridgehead atoms. The molecule has 0 aliphatic rings. The molecular weight excluding hydrogens is 236 g/mol. The van der Waals surface area contributed by atoms with Gasteiger partial charge in [0.2, 0.25) is 5.28 Å². The van der Waals surface area contributed by atoms with Gasteiger partial charge in [0.15, 0.2) is 5.65 Å². The number of aryl methyl sites for hydroxylation is 1. The van der Waals surface area contributed by atoms with Gasteiger partial charge in [-0.05, 0) is 18.5 Å². The summed E-state index contributed by atoms with van der Waals surface area (Å²) < 4.78 is 0. The molecule has 0 saturated carbocycles. The van der Waals surface area contributed by atoms with E-state index in [0.29, 0.717) is 5.65 Å². The fourth-order valence-electron chi connectivity index (χ4n) is 1.79. The number of fused-ring (bicyclic) bond motifs is 1. The molecule has 2 aromatic heterocycles. The monoisotopic (exact) mass is 244 g/mol. The number of halogens is 1. The summed E-state index contributed by atoms with van der Waals surface area (Å²) in [5.74, 6) is 0.800. The number of rotatable bonds is 1. The summed E-state index contributed by atoms with van der Waals surface area (Å²) in [6, 6.07) is 9.84. The molecular formula is C12H9ClN4. The van der Waals surface area contributed by atoms with Gasteiger partial charge in [0.1, 0.15) is 17.0 Å². The van der Waals surface area contributed by atoms with E-state index < -0.39 is 0 Å². The Labute approximate surface area is 103 Å². The molecule has 0 radical (unpaired) electrons. The molecule has 0 unspecified atom stereocenters. The van der Waals surface area contributed by atoms with Crippen molar-refractivity contribution in [3.8, 4) is 11.3 Å². The van der Waals surface area contributed by atoms with Gasteiger partial charge in [-0.25, -0.2) is 9.97 Å². The summed E-state index contributed by atoms with van der Waals surface area (Å²) in [6.07, 6.45) is 0. The van der Waals surface area contributed by atoms with Crippen molar-refractivity contribution in [2.75, 3.05) is 0 Å². The van der Waals surface area contributed by atoms with E-state index in [9.17, 15) is 0 Å². The highest BCUT2D eigenvalue weighted by molar-refractivity contribution is 6.28. The zero-order chi connectivity index (χ0) is 11.8. The van der Waals surface area contributed by atoms with E-state index in [2.05, 4.69) is 19.9 Å². The predicted molar refractivity (Wildman–Crippen MR) is 66.9 cm³/mol. The van der Waals surface area contributed by atoms with Gasteiger partial charge in [-0.15, -0.1) is 0 Å². The molecule has 17 heavy (non-hydrogen) atoms. The second-order valence-corrected chi connectivity index (χ2v) is 4.07. The third-order valence-electron chi connectivity index (χ3n) is 2.49. The lowest BCUT2D eigenvalue weighted by Gasteiger charge is -2.01. The van der Waals surface area contributed by atoms with Crippen LogP contribution in [-0.2, 0) is 0 Å². The van der Waals surface area contributed by atoms with Gasteiger partial charge in [-0.2, -0.15) is 4.98 Å². The Balaban J connectivity index is 2.35. The molecule has 0 amide bonds. The number of imidazole rings is 1. The van der Waals surface area contributed by atoms with Crippen LogP contribution in [0.2, 0.25) is 5.28 Å². The highest BCUT2D eigenvalue weighted by atomic mass is 35.5. The quantitative estimate of drug-likeness (QED) is 0.670. The zero-order valence-electron chi connectivity index (χ0n) is 9.11. The van der Waals surface area contributed by atoms with Crippen LogP contribution < -0.4 is 0 Å². The van der Waals surface area contributed by atoms with E-state index in [4.69, 9.17) is 11.6 Å². The molecule has 0 atom stereocenters. The van der Waals surface area contributed by atoms with Crippen LogP contribution in [0.25, 0.3) is 22.4 Å². The van der Waals surface area contributed by atoms with E-state index in [1.807, 2.05) is 37.3 Å². The summed E-state index contributed by atoms with van der Waals surface area (Å²) in [6.45, 7) is 1.88. The van der Waals surface area contributed by atoms with E-state index in [1.54, 1.807) is 0 Å². The topological polar surface area (TPSA) is 54.5 Å². The lowest BCUT2D eigenvalue weighted by atomic mass is 10.1. The first-order valence-corrected chi connectivity index (χ1v) is 5.57. The largest absolute Gasteiger partial charge is 0.339 e. The molecule has 1 N–H and O–H groups in total. The lowest BCUT2D eigenvalue weighted by Crippen LogP contribution is -1.90. The first-order valence-electron chi connectivity index (χ1n) is 5.19. The van der Waals surface area contributed by atoms with Gasteiger partial charge < -0.3 is 4.98 Å². The maximum absolute atomic E-state index is 5.91. The van der Waals surface area contributed by atoms with Crippen LogP contribution in [-0.4, -0.2) is 19.9 Å². The number of H-pyrrole nitrogens is 1. The van der Waals surface area contributed by atoms with Crippen molar-refractivity contribution in [1.82, 2.24) is 19.9 Å². The smallest absolute Gasteiger partial charge is 0.225 e. The number of nitrogens with one attached hydrogen (secondary N) is 1. The van der Waals surface area contributed by atoms with Crippen LogP contribution in [0.5, 0.6) is 0 Å². The van der Waals surface area contributed by atoms with Gasteiger partial charge in [0, 0.05) is 5.56 Å². The minimum absolute atomic E-state index is 0.211. The highest BCUT2D eigenvalue weighted by Gasteiger charge is 2.11. The molecule has 0 spiro atoms. The number of benzene rings is 1. The van der Waals surface area contributed by atoms with Crippen LogP contribution in [0.3, 0.4) is 0 Å². The number of hydrogen-bond donors (Lipinski definition) is 1. The Morgan fingerprint density at radius 1 is 1.06 bits per heavy atom. The van der Waals surface area contributed by atoms with Crippen LogP contribution in [0.4, 0.5) is 0 Å². The molecule has 2 heterocycles. The Kier molecular flexibility index (Phi) is 2.30. The van der Waals surface area contributed by atoms with E-state index >= 15 is 0 Å². The molecule has 3 rings (SSSR count). The van der Waals surface area contributed by atoms with Crippen LogP contribution >= 0.6 is 11.6 Å². The Morgan fingerprint density at radius 2 is 1.82 bits per heavy atom. The zero-order valence-corrected chi connectivity index (χ0v) is 9.86. The van der Waals surface area contributed by atoms with E-state index in [-0.39, 0.29) is 5.28 Å². The van der Waals surface area contributed by atoms with Crippen molar-refractivity contribution >= 4 is 22.8 Å². The Morgan fingerprint density at radius 3 is 2.59 bits per heavy atom.